The molecule has 0 radical (unpaired) electrons. The highest BCUT2D eigenvalue weighted by atomic mass is 79.9. The van der Waals surface area contributed by atoms with E-state index < -0.39 is 5.91 Å². The normalized spacial score (nSPS) is 10.1. The van der Waals surface area contributed by atoms with Crippen LogP contribution in [0, 0.1) is 0 Å². The molecular formula is C11H8BrClN4O. The number of rotatable bonds is 2. The molecule has 7 heteroatoms. The summed E-state index contributed by atoms with van der Waals surface area (Å²) in [4.78, 5) is 19.8. The van der Waals surface area contributed by atoms with Crippen LogP contribution in [0.1, 0.15) is 10.5 Å². The third kappa shape index (κ3) is 2.96. The van der Waals surface area contributed by atoms with Gasteiger partial charge in [0.05, 0.1) is 6.20 Å². The van der Waals surface area contributed by atoms with E-state index in [1.165, 1.54) is 6.20 Å². The summed E-state index contributed by atoms with van der Waals surface area (Å²) in [5, 5.41) is 3.17. The number of nitrogen functional groups attached to an aromatic ring is 1. The topological polar surface area (TPSA) is 80.9 Å². The number of benzene rings is 1. The highest BCUT2D eigenvalue weighted by Gasteiger charge is 2.13. The average Bonchev–Trinajstić information content (AvgIpc) is 2.32. The van der Waals surface area contributed by atoms with E-state index in [1.807, 2.05) is 0 Å². The van der Waals surface area contributed by atoms with Crippen molar-refractivity contribution in [2.24, 2.45) is 0 Å². The van der Waals surface area contributed by atoms with E-state index >= 15 is 0 Å². The molecule has 0 aliphatic rings. The Balaban J connectivity index is 2.24. The summed E-state index contributed by atoms with van der Waals surface area (Å²) >= 11 is 8.95. The molecule has 2 aromatic rings. The number of nitrogens with zero attached hydrogens (tertiary/aromatic N) is 2. The molecule has 1 aromatic heterocycles. The molecule has 3 N–H and O–H groups in total. The maximum atomic E-state index is 11.9. The third-order valence-corrected chi connectivity index (χ3v) is 2.69. The Labute approximate surface area is 117 Å². The maximum Gasteiger partial charge on any atom is 0.278 e. The van der Waals surface area contributed by atoms with Gasteiger partial charge in [0, 0.05) is 10.7 Å². The molecule has 0 spiro atoms. The summed E-state index contributed by atoms with van der Waals surface area (Å²) in [5.41, 5.74) is 6.22. The standard InChI is InChI=1S/C11H8BrClN4O/c12-8-5-15-10(14)9(17-8)11(18)16-7-3-1-2-6(13)4-7/h1-5H,(H2,14,15)(H,16,18). The van der Waals surface area contributed by atoms with E-state index in [4.69, 9.17) is 17.3 Å². The second-order valence-corrected chi connectivity index (χ2v) is 4.64. The van der Waals surface area contributed by atoms with Gasteiger partial charge in [-0.15, -0.1) is 0 Å². The van der Waals surface area contributed by atoms with E-state index in [-0.39, 0.29) is 11.5 Å². The molecule has 0 bridgehead atoms. The highest BCUT2D eigenvalue weighted by molar-refractivity contribution is 9.10. The SMILES string of the molecule is Nc1ncc(Br)nc1C(=O)Nc1cccc(Cl)c1. The summed E-state index contributed by atoms with van der Waals surface area (Å²) in [5.74, 6) is -0.374. The number of amides is 1. The molecular weight excluding hydrogens is 320 g/mol. The second-order valence-electron chi connectivity index (χ2n) is 3.39. The number of carbonyl (C=O) groups is 1. The van der Waals surface area contributed by atoms with Crippen LogP contribution in [0.15, 0.2) is 35.1 Å². The van der Waals surface area contributed by atoms with Crippen molar-refractivity contribution in [3.63, 3.8) is 0 Å². The van der Waals surface area contributed by atoms with E-state index in [2.05, 4.69) is 31.2 Å². The van der Waals surface area contributed by atoms with Crippen LogP contribution in [0.5, 0.6) is 0 Å². The van der Waals surface area contributed by atoms with Crippen LogP contribution in [0.3, 0.4) is 0 Å². The van der Waals surface area contributed by atoms with Crippen molar-refractivity contribution in [1.29, 1.82) is 0 Å². The van der Waals surface area contributed by atoms with E-state index in [0.29, 0.717) is 15.3 Å². The van der Waals surface area contributed by atoms with E-state index in [1.54, 1.807) is 24.3 Å². The van der Waals surface area contributed by atoms with Crippen molar-refractivity contribution in [3.05, 3.63) is 45.8 Å². The average molecular weight is 328 g/mol. The van der Waals surface area contributed by atoms with Crippen molar-refractivity contribution >= 4 is 44.9 Å². The summed E-state index contributed by atoms with van der Waals surface area (Å²) < 4.78 is 0.438. The first-order valence-electron chi connectivity index (χ1n) is 4.91. The minimum atomic E-state index is -0.441. The fourth-order valence-corrected chi connectivity index (χ4v) is 1.77. The van der Waals surface area contributed by atoms with E-state index in [0.717, 1.165) is 0 Å². The van der Waals surface area contributed by atoms with Crippen molar-refractivity contribution in [2.45, 2.75) is 0 Å². The first-order chi connectivity index (χ1) is 8.56. The van der Waals surface area contributed by atoms with Gasteiger partial charge in [-0.2, -0.15) is 0 Å². The molecule has 5 nitrogen and oxygen atoms in total. The Kier molecular flexibility index (Phi) is 3.78. The largest absolute Gasteiger partial charge is 0.382 e. The molecule has 0 aliphatic heterocycles. The predicted octanol–water partition coefficient (Wildman–Crippen LogP) is 2.73. The minimum Gasteiger partial charge on any atom is -0.382 e. The molecule has 18 heavy (non-hydrogen) atoms. The Bertz CT molecular complexity index is 605. The molecule has 0 saturated carbocycles. The van der Waals surface area contributed by atoms with Crippen molar-refractivity contribution in [3.8, 4) is 0 Å². The lowest BCUT2D eigenvalue weighted by Crippen LogP contribution is -2.16. The Morgan fingerprint density at radius 2 is 2.22 bits per heavy atom. The summed E-state index contributed by atoms with van der Waals surface area (Å²) in [7, 11) is 0. The molecule has 0 unspecified atom stereocenters. The zero-order valence-corrected chi connectivity index (χ0v) is 11.4. The van der Waals surface area contributed by atoms with Crippen LogP contribution in [-0.4, -0.2) is 15.9 Å². The third-order valence-electron chi connectivity index (χ3n) is 2.07. The maximum absolute atomic E-state index is 11.9. The zero-order valence-electron chi connectivity index (χ0n) is 9.02. The highest BCUT2D eigenvalue weighted by Crippen LogP contribution is 2.17. The lowest BCUT2D eigenvalue weighted by atomic mass is 10.3. The molecule has 2 rings (SSSR count). The number of nitrogens with two attached hydrogens (primary N) is 1. The lowest BCUT2D eigenvalue weighted by Gasteiger charge is -2.06. The van der Waals surface area contributed by atoms with Crippen LogP contribution in [0.4, 0.5) is 11.5 Å². The first kappa shape index (κ1) is 12.8. The van der Waals surface area contributed by atoms with Crippen molar-refractivity contribution < 1.29 is 4.79 Å². The molecule has 0 saturated heterocycles. The number of nitrogens with one attached hydrogen (secondary N) is 1. The number of halogens is 2. The Hall–Kier alpha value is -1.66. The molecule has 92 valence electrons. The summed E-state index contributed by atoms with van der Waals surface area (Å²) in [6.45, 7) is 0. The molecule has 1 aromatic carbocycles. The number of hydrogen-bond donors (Lipinski definition) is 2. The van der Waals surface area contributed by atoms with Gasteiger partial charge in [0.15, 0.2) is 11.5 Å². The monoisotopic (exact) mass is 326 g/mol. The fraction of sp³-hybridized carbons (Fsp3) is 0. The fourth-order valence-electron chi connectivity index (χ4n) is 1.30. The number of hydrogen-bond acceptors (Lipinski definition) is 4. The summed E-state index contributed by atoms with van der Waals surface area (Å²) in [6.07, 6.45) is 1.42. The molecule has 0 aliphatic carbocycles. The van der Waals surface area contributed by atoms with Crippen LogP contribution in [0.25, 0.3) is 0 Å². The molecule has 0 atom stereocenters. The van der Waals surface area contributed by atoms with Crippen LogP contribution in [0.2, 0.25) is 5.02 Å². The van der Waals surface area contributed by atoms with Gasteiger partial charge in [0.1, 0.15) is 4.60 Å². The van der Waals surface area contributed by atoms with Gasteiger partial charge < -0.3 is 11.1 Å². The molecule has 1 heterocycles. The molecule has 0 fully saturated rings. The molecule has 1 amide bonds. The van der Waals surface area contributed by atoms with Crippen LogP contribution in [-0.2, 0) is 0 Å². The second kappa shape index (κ2) is 5.32. The van der Waals surface area contributed by atoms with E-state index in [9.17, 15) is 4.79 Å². The van der Waals surface area contributed by atoms with Gasteiger partial charge in [-0.25, -0.2) is 9.97 Å². The lowest BCUT2D eigenvalue weighted by molar-refractivity contribution is 0.102. The number of anilines is 2. The van der Waals surface area contributed by atoms with Gasteiger partial charge in [-0.3, -0.25) is 4.79 Å². The Morgan fingerprint density at radius 3 is 2.94 bits per heavy atom. The van der Waals surface area contributed by atoms with Gasteiger partial charge in [0.25, 0.3) is 5.91 Å². The predicted molar refractivity (Wildman–Crippen MR) is 73.5 cm³/mol. The van der Waals surface area contributed by atoms with Crippen molar-refractivity contribution in [1.82, 2.24) is 9.97 Å². The quantitative estimate of drug-likeness (QED) is 0.888. The zero-order chi connectivity index (χ0) is 13.1. The van der Waals surface area contributed by atoms with Gasteiger partial charge in [-0.1, -0.05) is 17.7 Å². The van der Waals surface area contributed by atoms with Gasteiger partial charge in [-0.05, 0) is 34.1 Å². The van der Waals surface area contributed by atoms with Crippen molar-refractivity contribution in [2.75, 3.05) is 11.1 Å². The smallest absolute Gasteiger partial charge is 0.278 e. The van der Waals surface area contributed by atoms with Gasteiger partial charge in [0.2, 0.25) is 0 Å². The van der Waals surface area contributed by atoms with Gasteiger partial charge >= 0.3 is 0 Å². The first-order valence-corrected chi connectivity index (χ1v) is 6.08. The Morgan fingerprint density at radius 1 is 1.44 bits per heavy atom. The van der Waals surface area contributed by atoms with Crippen LogP contribution < -0.4 is 11.1 Å². The summed E-state index contributed by atoms with van der Waals surface area (Å²) in [6, 6.07) is 6.78. The van der Waals surface area contributed by atoms with Crippen LogP contribution >= 0.6 is 27.5 Å². The number of aromatic nitrogens is 2. The number of carbonyl (C=O) groups excluding carboxylic acids is 1. The minimum absolute atomic E-state index is 0.0596.